The summed E-state index contributed by atoms with van der Waals surface area (Å²) in [6.07, 6.45) is 5.03. The number of nitrogens with one attached hydrogen (secondary N) is 1. The molecule has 64 valence electrons. The van der Waals surface area contributed by atoms with Gasteiger partial charge in [0.15, 0.2) is 0 Å². The third kappa shape index (κ3) is 9.14. The Kier molecular flexibility index (Phi) is 6.68. The van der Waals surface area contributed by atoms with Crippen molar-refractivity contribution in [1.29, 1.82) is 0 Å². The molecule has 0 aromatic rings. The van der Waals surface area contributed by atoms with Crippen molar-refractivity contribution in [2.45, 2.75) is 26.2 Å². The molecule has 0 unspecified atom stereocenters. The zero-order chi connectivity index (χ0) is 8.53. The fourth-order valence-corrected chi connectivity index (χ4v) is 0.754. The summed E-state index contributed by atoms with van der Waals surface area (Å²) in [4.78, 5) is 14.3. The van der Waals surface area contributed by atoms with E-state index in [0.717, 1.165) is 25.8 Å². The van der Waals surface area contributed by atoms with Crippen LogP contribution in [-0.2, 0) is 4.79 Å². The molecule has 11 heavy (non-hydrogen) atoms. The average Bonchev–Trinajstić information content (AvgIpc) is 1.96. The zero-order valence-electron chi connectivity index (χ0n) is 7.26. The van der Waals surface area contributed by atoms with Crippen LogP contribution >= 0.6 is 0 Å². The molecule has 0 heterocycles. The van der Waals surface area contributed by atoms with Crippen molar-refractivity contribution in [2.24, 2.45) is 4.99 Å². The summed E-state index contributed by atoms with van der Waals surface area (Å²) in [6, 6.07) is 0. The number of amides is 1. The molecule has 0 radical (unpaired) electrons. The Morgan fingerprint density at radius 3 is 2.82 bits per heavy atom. The van der Waals surface area contributed by atoms with Gasteiger partial charge in [-0.3, -0.25) is 4.79 Å². The molecule has 0 aromatic carbocycles. The minimum Gasteiger partial charge on any atom is -0.356 e. The van der Waals surface area contributed by atoms with E-state index in [1.165, 1.54) is 6.92 Å². The van der Waals surface area contributed by atoms with Crippen LogP contribution in [0.2, 0.25) is 0 Å². The van der Waals surface area contributed by atoms with Crippen molar-refractivity contribution in [3.63, 3.8) is 0 Å². The smallest absolute Gasteiger partial charge is 0.216 e. The monoisotopic (exact) mass is 158 g/mol. The Labute approximate surface area is 67.9 Å². The summed E-state index contributed by atoms with van der Waals surface area (Å²) in [7, 11) is 1.77. The van der Waals surface area contributed by atoms with E-state index in [1.54, 1.807) is 7.05 Å². The highest BCUT2D eigenvalue weighted by atomic mass is 16.2. The van der Waals surface area contributed by atoms with Gasteiger partial charge in [0, 0.05) is 20.5 Å². The molecule has 0 atom stereocenters. The molecule has 1 N–H and O–H groups in total. The lowest BCUT2D eigenvalue weighted by molar-refractivity contribution is -0.118. The van der Waals surface area contributed by atoms with Crippen LogP contribution in [-0.4, -0.2) is 25.7 Å². The molecule has 0 bridgehead atoms. The molecule has 0 aliphatic carbocycles. The Morgan fingerprint density at radius 2 is 2.27 bits per heavy atom. The topological polar surface area (TPSA) is 41.5 Å². The second-order valence-electron chi connectivity index (χ2n) is 2.42. The second-order valence-corrected chi connectivity index (χ2v) is 2.42. The van der Waals surface area contributed by atoms with Crippen molar-refractivity contribution in [1.82, 2.24) is 5.32 Å². The number of hydrogen-bond donors (Lipinski definition) is 1. The van der Waals surface area contributed by atoms with Crippen LogP contribution in [0, 0.1) is 0 Å². The van der Waals surface area contributed by atoms with E-state index in [9.17, 15) is 4.79 Å². The number of carbonyl (C=O) groups excluding carboxylic acids is 1. The Bertz CT molecular complexity index is 132. The first kappa shape index (κ1) is 10.1. The van der Waals surface area contributed by atoms with Crippen molar-refractivity contribution in [3.05, 3.63) is 0 Å². The molecule has 0 spiro atoms. The van der Waals surface area contributed by atoms with E-state index in [1.807, 2.05) is 6.21 Å². The maximum atomic E-state index is 10.4. The summed E-state index contributed by atoms with van der Waals surface area (Å²) in [5.41, 5.74) is 0. The summed E-state index contributed by atoms with van der Waals surface area (Å²) in [5.74, 6) is 0.0501. The molecule has 0 rings (SSSR count). The van der Waals surface area contributed by atoms with E-state index in [2.05, 4.69) is 10.3 Å². The molecule has 1 amide bonds. The standard InChI is InChI=1S/C8H16N2O/c1-8(11)10-7-5-3-4-6-9-2/h6H,3-5,7H2,1-2H3,(H,10,11)/b9-6-/i1+1,2+1. The molecule has 0 aromatic heterocycles. The molecular weight excluding hydrogens is 142 g/mol. The van der Waals surface area contributed by atoms with Gasteiger partial charge in [-0.1, -0.05) is 0 Å². The first-order chi connectivity index (χ1) is 5.27. The summed E-state index contributed by atoms with van der Waals surface area (Å²) in [5, 5.41) is 2.74. The molecule has 0 aliphatic rings. The largest absolute Gasteiger partial charge is 0.356 e. The first-order valence-electron chi connectivity index (χ1n) is 3.92. The first-order valence-corrected chi connectivity index (χ1v) is 3.92. The van der Waals surface area contributed by atoms with Gasteiger partial charge >= 0.3 is 0 Å². The van der Waals surface area contributed by atoms with Crippen LogP contribution in [0.15, 0.2) is 4.99 Å². The molecule has 0 aliphatic heterocycles. The summed E-state index contributed by atoms with van der Waals surface area (Å²) < 4.78 is 0. The van der Waals surface area contributed by atoms with Gasteiger partial charge in [-0.05, 0) is 25.5 Å². The van der Waals surface area contributed by atoms with E-state index in [-0.39, 0.29) is 5.91 Å². The molecule has 3 nitrogen and oxygen atoms in total. The van der Waals surface area contributed by atoms with Crippen LogP contribution in [0.4, 0.5) is 0 Å². The van der Waals surface area contributed by atoms with Crippen molar-refractivity contribution in [2.75, 3.05) is 13.6 Å². The third-order valence-corrected chi connectivity index (χ3v) is 1.32. The van der Waals surface area contributed by atoms with Gasteiger partial charge in [0.25, 0.3) is 0 Å². The third-order valence-electron chi connectivity index (χ3n) is 1.32. The van der Waals surface area contributed by atoms with Crippen molar-refractivity contribution >= 4 is 12.1 Å². The van der Waals surface area contributed by atoms with Crippen LogP contribution < -0.4 is 5.32 Å². The minimum absolute atomic E-state index is 0.0501. The number of nitrogens with zero attached hydrogens (tertiary/aromatic N) is 1. The van der Waals surface area contributed by atoms with Gasteiger partial charge in [0.2, 0.25) is 5.91 Å². The lowest BCUT2D eigenvalue weighted by Gasteiger charge is -1.98. The maximum Gasteiger partial charge on any atom is 0.216 e. The van der Waals surface area contributed by atoms with E-state index < -0.39 is 0 Å². The fourth-order valence-electron chi connectivity index (χ4n) is 0.754. The van der Waals surface area contributed by atoms with Gasteiger partial charge < -0.3 is 10.3 Å². The highest BCUT2D eigenvalue weighted by Crippen LogP contribution is 1.90. The van der Waals surface area contributed by atoms with Crippen molar-refractivity contribution in [3.8, 4) is 0 Å². The fraction of sp³-hybridized carbons (Fsp3) is 0.750. The number of hydrogen-bond acceptors (Lipinski definition) is 2. The zero-order valence-corrected chi connectivity index (χ0v) is 7.26. The highest BCUT2D eigenvalue weighted by Gasteiger charge is 1.89. The summed E-state index contributed by atoms with van der Waals surface area (Å²) >= 11 is 0. The van der Waals surface area contributed by atoms with Gasteiger partial charge in [-0.15, -0.1) is 0 Å². The van der Waals surface area contributed by atoms with E-state index in [4.69, 9.17) is 0 Å². The summed E-state index contributed by atoms with van der Waals surface area (Å²) in [6.45, 7) is 2.32. The highest BCUT2D eigenvalue weighted by molar-refractivity contribution is 5.72. The average molecular weight is 158 g/mol. The number of carbonyl (C=O) groups is 1. The van der Waals surface area contributed by atoms with E-state index in [0.29, 0.717) is 0 Å². The van der Waals surface area contributed by atoms with Crippen molar-refractivity contribution < 1.29 is 4.79 Å². The van der Waals surface area contributed by atoms with Gasteiger partial charge in [-0.2, -0.15) is 0 Å². The second kappa shape index (κ2) is 7.25. The van der Waals surface area contributed by atoms with Crippen LogP contribution in [0.25, 0.3) is 0 Å². The number of rotatable bonds is 5. The Hall–Kier alpha value is -0.860. The van der Waals surface area contributed by atoms with Crippen LogP contribution in [0.5, 0.6) is 0 Å². The predicted molar refractivity (Wildman–Crippen MR) is 47.0 cm³/mol. The lowest BCUT2D eigenvalue weighted by Crippen LogP contribution is -2.20. The molecular formula is C8H16N2O. The molecule has 3 heteroatoms. The lowest BCUT2D eigenvalue weighted by atomic mass is 10.2. The predicted octanol–water partition coefficient (Wildman–Crippen LogP) is 0.993. The minimum atomic E-state index is 0.0501. The van der Waals surface area contributed by atoms with Crippen LogP contribution in [0.3, 0.4) is 0 Å². The molecule has 0 saturated carbocycles. The molecule has 0 saturated heterocycles. The quantitative estimate of drug-likeness (QED) is 0.362. The van der Waals surface area contributed by atoms with Gasteiger partial charge in [0.05, 0.1) is 0 Å². The maximum absolute atomic E-state index is 10.4. The molecule has 0 fully saturated rings. The van der Waals surface area contributed by atoms with E-state index >= 15 is 0 Å². The Balaban J connectivity index is 2.96. The Morgan fingerprint density at radius 1 is 1.55 bits per heavy atom. The normalized spacial score (nSPS) is 10.4. The van der Waals surface area contributed by atoms with Crippen LogP contribution in [0.1, 0.15) is 26.2 Å². The van der Waals surface area contributed by atoms with Gasteiger partial charge in [0.1, 0.15) is 0 Å². The van der Waals surface area contributed by atoms with Gasteiger partial charge in [-0.25, -0.2) is 0 Å². The SMILES string of the molecule is [13CH3]/N=C\CCCCNC([13CH3])=O. The number of unbranched alkanes of at least 4 members (excludes halogenated alkanes) is 2. The number of aliphatic imine (C=N–C) groups is 1.